The Morgan fingerprint density at radius 3 is 2.11 bits per heavy atom. The van der Waals surface area contributed by atoms with Crippen molar-refractivity contribution in [3.63, 3.8) is 0 Å². The first kappa shape index (κ1) is 17.9. The van der Waals surface area contributed by atoms with Gasteiger partial charge < -0.3 is 10.1 Å². The predicted octanol–water partition coefficient (Wildman–Crippen LogP) is 4.24. The van der Waals surface area contributed by atoms with Crippen molar-refractivity contribution in [3.8, 4) is 0 Å². The molecular weight excluding hydrogens is 222 g/mol. The van der Waals surface area contributed by atoms with Crippen LogP contribution in [0.4, 0.5) is 0 Å². The largest absolute Gasteiger partial charge is 0.377 e. The number of hydrogen-bond acceptors (Lipinski definition) is 2. The topological polar surface area (TPSA) is 21.3 Å². The summed E-state index contributed by atoms with van der Waals surface area (Å²) in [7, 11) is 0. The molecule has 0 heterocycles. The molecule has 0 aliphatic carbocycles. The van der Waals surface area contributed by atoms with Crippen LogP contribution in [0.5, 0.6) is 0 Å². The smallest absolute Gasteiger partial charge is 0.0750 e. The zero-order chi connectivity index (χ0) is 14.2. The van der Waals surface area contributed by atoms with Gasteiger partial charge in [-0.25, -0.2) is 0 Å². The van der Waals surface area contributed by atoms with Gasteiger partial charge in [-0.05, 0) is 44.1 Å². The molecule has 0 aromatic carbocycles. The van der Waals surface area contributed by atoms with Gasteiger partial charge in [0, 0.05) is 12.6 Å². The molecule has 0 spiro atoms. The molecule has 2 nitrogen and oxygen atoms in total. The Labute approximate surface area is 115 Å². The molecule has 2 unspecified atom stereocenters. The molecule has 0 aliphatic heterocycles. The van der Waals surface area contributed by atoms with Gasteiger partial charge in [-0.15, -0.1) is 0 Å². The second-order valence-corrected chi connectivity index (χ2v) is 6.82. The molecule has 0 rings (SSSR count). The van der Waals surface area contributed by atoms with Gasteiger partial charge in [-0.2, -0.15) is 0 Å². The highest BCUT2D eigenvalue weighted by Crippen LogP contribution is 2.24. The van der Waals surface area contributed by atoms with Crippen molar-refractivity contribution in [2.75, 3.05) is 13.2 Å². The Morgan fingerprint density at radius 2 is 1.72 bits per heavy atom. The van der Waals surface area contributed by atoms with E-state index in [-0.39, 0.29) is 0 Å². The van der Waals surface area contributed by atoms with Gasteiger partial charge in [-0.3, -0.25) is 0 Å². The number of rotatable bonds is 9. The molecule has 0 aromatic heterocycles. The van der Waals surface area contributed by atoms with Crippen LogP contribution in [0, 0.1) is 11.3 Å². The van der Waals surface area contributed by atoms with E-state index in [1.54, 1.807) is 0 Å². The molecule has 0 fully saturated rings. The highest BCUT2D eigenvalue weighted by Gasteiger charge is 2.25. The molecule has 18 heavy (non-hydrogen) atoms. The Bertz CT molecular complexity index is 196. The van der Waals surface area contributed by atoms with E-state index in [1.165, 1.54) is 19.3 Å². The molecule has 0 saturated carbocycles. The quantitative estimate of drug-likeness (QED) is 0.667. The first-order chi connectivity index (χ1) is 8.31. The van der Waals surface area contributed by atoms with Crippen LogP contribution in [0.25, 0.3) is 0 Å². The summed E-state index contributed by atoms with van der Waals surface area (Å²) >= 11 is 0. The highest BCUT2D eigenvalue weighted by molar-refractivity contribution is 4.81. The lowest BCUT2D eigenvalue weighted by Crippen LogP contribution is -2.45. The minimum absolute atomic E-state index is 0.337. The van der Waals surface area contributed by atoms with Crippen LogP contribution in [0.2, 0.25) is 0 Å². The molecular formula is C16H35NO. The lowest BCUT2D eigenvalue weighted by Gasteiger charge is -2.33. The summed E-state index contributed by atoms with van der Waals surface area (Å²) < 4.78 is 5.97. The standard InChI is InChI=1S/C16H35NO/c1-8-12-17-14(10-11-16(5,6)7)15(13(3)4)18-9-2/h13-15,17H,8-12H2,1-7H3. The molecule has 0 aliphatic rings. The maximum absolute atomic E-state index is 5.97. The summed E-state index contributed by atoms with van der Waals surface area (Å²) in [6, 6.07) is 0.490. The Kier molecular flexibility index (Phi) is 8.89. The van der Waals surface area contributed by atoms with Crippen molar-refractivity contribution in [1.82, 2.24) is 5.32 Å². The fourth-order valence-corrected chi connectivity index (χ4v) is 2.27. The maximum Gasteiger partial charge on any atom is 0.0750 e. The van der Waals surface area contributed by atoms with Gasteiger partial charge in [0.05, 0.1) is 6.10 Å². The van der Waals surface area contributed by atoms with Crippen LogP contribution < -0.4 is 5.32 Å². The summed E-state index contributed by atoms with van der Waals surface area (Å²) in [5.41, 5.74) is 0.403. The van der Waals surface area contributed by atoms with Crippen LogP contribution >= 0.6 is 0 Å². The molecule has 0 saturated heterocycles. The van der Waals surface area contributed by atoms with Gasteiger partial charge in [0.25, 0.3) is 0 Å². The third-order valence-electron chi connectivity index (χ3n) is 3.27. The highest BCUT2D eigenvalue weighted by atomic mass is 16.5. The second-order valence-electron chi connectivity index (χ2n) is 6.82. The lowest BCUT2D eigenvalue weighted by molar-refractivity contribution is -0.000823. The van der Waals surface area contributed by atoms with Crippen molar-refractivity contribution >= 4 is 0 Å². The van der Waals surface area contributed by atoms with E-state index in [9.17, 15) is 0 Å². The Morgan fingerprint density at radius 1 is 1.11 bits per heavy atom. The van der Waals surface area contributed by atoms with Gasteiger partial charge in [0.2, 0.25) is 0 Å². The molecule has 110 valence electrons. The normalized spacial score (nSPS) is 16.0. The molecule has 0 aromatic rings. The van der Waals surface area contributed by atoms with Gasteiger partial charge in [-0.1, -0.05) is 41.5 Å². The van der Waals surface area contributed by atoms with Crippen LogP contribution in [0.3, 0.4) is 0 Å². The summed E-state index contributed by atoms with van der Waals surface area (Å²) in [5.74, 6) is 0.569. The summed E-state index contributed by atoms with van der Waals surface area (Å²) in [5, 5.41) is 3.68. The van der Waals surface area contributed by atoms with Crippen molar-refractivity contribution in [1.29, 1.82) is 0 Å². The number of hydrogen-bond donors (Lipinski definition) is 1. The third kappa shape index (κ3) is 8.10. The van der Waals surface area contributed by atoms with Crippen molar-refractivity contribution in [3.05, 3.63) is 0 Å². The Hall–Kier alpha value is -0.0800. The molecule has 0 bridgehead atoms. The van der Waals surface area contributed by atoms with Crippen LogP contribution in [-0.2, 0) is 4.74 Å². The van der Waals surface area contributed by atoms with E-state index in [2.05, 4.69) is 53.8 Å². The summed E-state index contributed by atoms with van der Waals surface area (Å²) in [6.07, 6.45) is 3.96. The van der Waals surface area contributed by atoms with Crippen molar-refractivity contribution in [2.24, 2.45) is 11.3 Å². The molecule has 0 amide bonds. The zero-order valence-corrected chi connectivity index (χ0v) is 13.7. The van der Waals surface area contributed by atoms with E-state index >= 15 is 0 Å². The average molecular weight is 257 g/mol. The van der Waals surface area contributed by atoms with Crippen LogP contribution in [0.15, 0.2) is 0 Å². The summed E-state index contributed by atoms with van der Waals surface area (Å²) in [4.78, 5) is 0. The fraction of sp³-hybridized carbons (Fsp3) is 1.00. The third-order valence-corrected chi connectivity index (χ3v) is 3.27. The summed E-state index contributed by atoms with van der Waals surface area (Å²) in [6.45, 7) is 17.7. The fourth-order valence-electron chi connectivity index (χ4n) is 2.27. The van der Waals surface area contributed by atoms with Crippen molar-refractivity contribution in [2.45, 2.75) is 79.9 Å². The molecule has 2 heteroatoms. The van der Waals surface area contributed by atoms with Gasteiger partial charge >= 0.3 is 0 Å². The van der Waals surface area contributed by atoms with Gasteiger partial charge in [0.1, 0.15) is 0 Å². The van der Waals surface area contributed by atoms with Crippen molar-refractivity contribution < 1.29 is 4.74 Å². The SMILES string of the molecule is CCCNC(CCC(C)(C)C)C(OCC)C(C)C. The minimum Gasteiger partial charge on any atom is -0.377 e. The first-order valence-electron chi connectivity index (χ1n) is 7.66. The number of ether oxygens (including phenoxy) is 1. The minimum atomic E-state index is 0.337. The Balaban J connectivity index is 4.50. The lowest BCUT2D eigenvalue weighted by atomic mass is 9.85. The first-order valence-corrected chi connectivity index (χ1v) is 7.66. The maximum atomic E-state index is 5.97. The van der Waals surface area contributed by atoms with Crippen LogP contribution in [-0.4, -0.2) is 25.3 Å². The molecule has 1 N–H and O–H groups in total. The van der Waals surface area contributed by atoms with E-state index in [0.717, 1.165) is 13.2 Å². The average Bonchev–Trinajstić information content (AvgIpc) is 2.25. The second kappa shape index (κ2) is 8.92. The monoisotopic (exact) mass is 257 g/mol. The molecule has 0 radical (unpaired) electrons. The van der Waals surface area contributed by atoms with E-state index in [4.69, 9.17) is 4.74 Å². The van der Waals surface area contributed by atoms with Gasteiger partial charge in [0.15, 0.2) is 0 Å². The van der Waals surface area contributed by atoms with E-state index in [0.29, 0.717) is 23.5 Å². The predicted molar refractivity (Wildman–Crippen MR) is 81.0 cm³/mol. The van der Waals surface area contributed by atoms with E-state index < -0.39 is 0 Å². The van der Waals surface area contributed by atoms with Crippen LogP contribution in [0.1, 0.15) is 67.7 Å². The number of nitrogens with one attached hydrogen (secondary N) is 1. The van der Waals surface area contributed by atoms with E-state index in [1.807, 2.05) is 0 Å². The zero-order valence-electron chi connectivity index (χ0n) is 13.7. The molecule has 2 atom stereocenters.